The standard InChI is InChI=1S/C17H28N4O3/c1-5-6-10-20-12-18-14-13(20)15(22)21(16(23)19(14)4)11-8-7-9-17(2,3)24/h12,24H,5-11H2,1-4H3. The molecule has 2 rings (SSSR count). The number of aromatic nitrogens is 4. The molecule has 1 N–H and O–H groups in total. The summed E-state index contributed by atoms with van der Waals surface area (Å²) in [6, 6.07) is 0. The average Bonchev–Trinajstić information content (AvgIpc) is 2.93. The molecule has 0 bridgehead atoms. The van der Waals surface area contributed by atoms with Crippen LogP contribution < -0.4 is 11.2 Å². The number of aryl methyl sites for hydroxylation is 2. The quantitative estimate of drug-likeness (QED) is 0.743. The van der Waals surface area contributed by atoms with Crippen molar-refractivity contribution in [1.82, 2.24) is 18.7 Å². The fourth-order valence-corrected chi connectivity index (χ4v) is 2.84. The molecule has 7 heteroatoms. The number of hydrogen-bond donors (Lipinski definition) is 1. The first-order valence-corrected chi connectivity index (χ1v) is 8.63. The van der Waals surface area contributed by atoms with Crippen LogP contribution in [0.15, 0.2) is 15.9 Å². The van der Waals surface area contributed by atoms with E-state index in [2.05, 4.69) is 11.9 Å². The molecule has 7 nitrogen and oxygen atoms in total. The van der Waals surface area contributed by atoms with E-state index in [9.17, 15) is 14.7 Å². The van der Waals surface area contributed by atoms with Crippen LogP contribution in [0.3, 0.4) is 0 Å². The van der Waals surface area contributed by atoms with Crippen LogP contribution >= 0.6 is 0 Å². The van der Waals surface area contributed by atoms with Crippen molar-refractivity contribution in [2.24, 2.45) is 7.05 Å². The topological polar surface area (TPSA) is 82.1 Å². The Morgan fingerprint density at radius 1 is 1.17 bits per heavy atom. The van der Waals surface area contributed by atoms with Crippen molar-refractivity contribution in [3.63, 3.8) is 0 Å². The van der Waals surface area contributed by atoms with Crippen LogP contribution in [0.25, 0.3) is 11.2 Å². The molecule has 2 aromatic heterocycles. The molecule has 0 unspecified atom stereocenters. The highest BCUT2D eigenvalue weighted by atomic mass is 16.3. The van der Waals surface area contributed by atoms with E-state index in [-0.39, 0.29) is 11.2 Å². The SMILES string of the molecule is CCCCn1cnc2c1c(=O)n(CCCCC(C)(C)O)c(=O)n2C. The molecular formula is C17H28N4O3. The van der Waals surface area contributed by atoms with E-state index in [0.29, 0.717) is 30.6 Å². The van der Waals surface area contributed by atoms with Gasteiger partial charge in [0.2, 0.25) is 0 Å². The maximum atomic E-state index is 12.8. The Bertz CT molecular complexity index is 808. The first-order valence-electron chi connectivity index (χ1n) is 8.63. The number of imidazole rings is 1. The molecule has 0 amide bonds. The second kappa shape index (κ2) is 7.34. The Labute approximate surface area is 141 Å². The Kier molecular flexibility index (Phi) is 5.64. The van der Waals surface area contributed by atoms with E-state index in [1.165, 1.54) is 9.13 Å². The minimum Gasteiger partial charge on any atom is -0.390 e. The molecule has 0 aliphatic rings. The molecule has 0 radical (unpaired) electrons. The van der Waals surface area contributed by atoms with E-state index < -0.39 is 5.60 Å². The summed E-state index contributed by atoms with van der Waals surface area (Å²) < 4.78 is 4.57. The third kappa shape index (κ3) is 3.95. The first kappa shape index (κ1) is 18.4. The highest BCUT2D eigenvalue weighted by molar-refractivity contribution is 5.69. The molecule has 0 aromatic carbocycles. The van der Waals surface area contributed by atoms with Gasteiger partial charge in [-0.2, -0.15) is 0 Å². The number of aliphatic hydroxyl groups is 1. The van der Waals surface area contributed by atoms with Crippen molar-refractivity contribution in [2.45, 2.75) is 71.6 Å². The largest absolute Gasteiger partial charge is 0.390 e. The summed E-state index contributed by atoms with van der Waals surface area (Å²) in [6.07, 6.45) is 5.69. The van der Waals surface area contributed by atoms with Crippen molar-refractivity contribution in [3.8, 4) is 0 Å². The Balaban J connectivity index is 2.32. The van der Waals surface area contributed by atoms with Crippen molar-refractivity contribution < 1.29 is 5.11 Å². The third-order valence-corrected chi connectivity index (χ3v) is 4.27. The van der Waals surface area contributed by atoms with Crippen LogP contribution in [0.1, 0.15) is 52.9 Å². The van der Waals surface area contributed by atoms with E-state index >= 15 is 0 Å². The van der Waals surface area contributed by atoms with Gasteiger partial charge in [-0.15, -0.1) is 0 Å². The van der Waals surface area contributed by atoms with Crippen LogP contribution in [0, 0.1) is 0 Å². The zero-order chi connectivity index (χ0) is 17.9. The van der Waals surface area contributed by atoms with E-state index in [1.54, 1.807) is 27.2 Å². The Morgan fingerprint density at radius 3 is 2.50 bits per heavy atom. The summed E-state index contributed by atoms with van der Waals surface area (Å²) in [4.78, 5) is 29.5. The molecule has 0 aliphatic carbocycles. The third-order valence-electron chi connectivity index (χ3n) is 4.27. The van der Waals surface area contributed by atoms with Crippen molar-refractivity contribution in [1.29, 1.82) is 0 Å². The summed E-state index contributed by atoms with van der Waals surface area (Å²) in [5, 5.41) is 9.75. The van der Waals surface area contributed by atoms with Gasteiger partial charge in [-0.1, -0.05) is 13.3 Å². The van der Waals surface area contributed by atoms with Crippen molar-refractivity contribution >= 4 is 11.2 Å². The predicted molar refractivity (Wildman–Crippen MR) is 94.3 cm³/mol. The van der Waals surface area contributed by atoms with Crippen LogP contribution in [-0.4, -0.2) is 29.4 Å². The summed E-state index contributed by atoms with van der Waals surface area (Å²) in [7, 11) is 1.65. The van der Waals surface area contributed by atoms with Crippen LogP contribution in [0.5, 0.6) is 0 Å². The molecule has 0 saturated heterocycles. The predicted octanol–water partition coefficient (Wildman–Crippen LogP) is 1.64. The fourth-order valence-electron chi connectivity index (χ4n) is 2.84. The Morgan fingerprint density at radius 2 is 1.88 bits per heavy atom. The van der Waals surface area contributed by atoms with Gasteiger partial charge in [-0.25, -0.2) is 9.78 Å². The minimum absolute atomic E-state index is 0.273. The normalized spacial score (nSPS) is 12.2. The van der Waals surface area contributed by atoms with E-state index in [0.717, 1.165) is 25.8 Å². The molecule has 0 fully saturated rings. The van der Waals surface area contributed by atoms with Gasteiger partial charge in [0.05, 0.1) is 11.9 Å². The van der Waals surface area contributed by atoms with Gasteiger partial charge in [0, 0.05) is 20.1 Å². The van der Waals surface area contributed by atoms with Crippen LogP contribution in [0.4, 0.5) is 0 Å². The zero-order valence-corrected chi connectivity index (χ0v) is 15.1. The lowest BCUT2D eigenvalue weighted by atomic mass is 10.0. The summed E-state index contributed by atoms with van der Waals surface area (Å²) in [6.45, 7) is 6.69. The second-order valence-corrected chi connectivity index (χ2v) is 7.03. The zero-order valence-electron chi connectivity index (χ0n) is 15.1. The molecule has 2 heterocycles. The highest BCUT2D eigenvalue weighted by Crippen LogP contribution is 2.12. The number of hydrogen-bond acceptors (Lipinski definition) is 4. The fraction of sp³-hybridized carbons (Fsp3) is 0.706. The van der Waals surface area contributed by atoms with Gasteiger partial charge in [-0.3, -0.25) is 13.9 Å². The molecule has 24 heavy (non-hydrogen) atoms. The molecule has 0 spiro atoms. The summed E-state index contributed by atoms with van der Waals surface area (Å²) in [5.74, 6) is 0. The first-order chi connectivity index (χ1) is 11.3. The molecule has 0 saturated carbocycles. The number of rotatable bonds is 8. The maximum absolute atomic E-state index is 12.8. The summed E-state index contributed by atoms with van der Waals surface area (Å²) in [5.41, 5.74) is -0.401. The molecule has 0 atom stereocenters. The minimum atomic E-state index is -0.724. The maximum Gasteiger partial charge on any atom is 0.332 e. The lowest BCUT2D eigenvalue weighted by Gasteiger charge is -2.16. The lowest BCUT2D eigenvalue weighted by Crippen LogP contribution is -2.39. The average molecular weight is 336 g/mol. The lowest BCUT2D eigenvalue weighted by molar-refractivity contribution is 0.0678. The van der Waals surface area contributed by atoms with Crippen molar-refractivity contribution in [2.75, 3.05) is 0 Å². The van der Waals surface area contributed by atoms with E-state index in [4.69, 9.17) is 0 Å². The second-order valence-electron chi connectivity index (χ2n) is 7.03. The van der Waals surface area contributed by atoms with Gasteiger partial charge in [0.1, 0.15) is 0 Å². The Hall–Kier alpha value is -1.89. The van der Waals surface area contributed by atoms with Crippen LogP contribution in [-0.2, 0) is 20.1 Å². The summed E-state index contributed by atoms with van der Waals surface area (Å²) >= 11 is 0. The number of fused-ring (bicyclic) bond motifs is 1. The number of nitrogens with zero attached hydrogens (tertiary/aromatic N) is 4. The highest BCUT2D eigenvalue weighted by Gasteiger charge is 2.16. The van der Waals surface area contributed by atoms with Gasteiger partial charge >= 0.3 is 5.69 Å². The van der Waals surface area contributed by atoms with Crippen LogP contribution in [0.2, 0.25) is 0 Å². The molecule has 2 aromatic rings. The molecular weight excluding hydrogens is 308 g/mol. The monoisotopic (exact) mass is 336 g/mol. The van der Waals surface area contributed by atoms with Gasteiger partial charge in [0.15, 0.2) is 11.2 Å². The van der Waals surface area contributed by atoms with Gasteiger partial charge in [0.25, 0.3) is 5.56 Å². The molecule has 0 aliphatic heterocycles. The van der Waals surface area contributed by atoms with Gasteiger partial charge < -0.3 is 9.67 Å². The smallest absolute Gasteiger partial charge is 0.332 e. The van der Waals surface area contributed by atoms with Crippen molar-refractivity contribution in [3.05, 3.63) is 27.2 Å². The van der Waals surface area contributed by atoms with E-state index in [1.807, 2.05) is 4.57 Å². The van der Waals surface area contributed by atoms with Gasteiger partial charge in [-0.05, 0) is 39.5 Å². The molecule has 134 valence electrons. The number of unbranched alkanes of at least 4 members (excludes halogenated alkanes) is 2.